The molecular formula is C19H31N3O5S. The van der Waals surface area contributed by atoms with Gasteiger partial charge in [-0.05, 0) is 44.0 Å². The first-order valence-electron chi connectivity index (χ1n) is 9.26. The number of nitrogens with one attached hydrogen (secondary N) is 1. The van der Waals surface area contributed by atoms with Crippen LogP contribution in [0.2, 0.25) is 0 Å². The second-order valence-corrected chi connectivity index (χ2v) is 8.49. The zero-order valence-electron chi connectivity index (χ0n) is 17.4. The van der Waals surface area contributed by atoms with Gasteiger partial charge in [-0.15, -0.1) is 0 Å². The molecule has 1 N–H and O–H groups in total. The van der Waals surface area contributed by atoms with E-state index in [1.54, 1.807) is 18.7 Å². The van der Waals surface area contributed by atoms with Crippen LogP contribution in [0.5, 0.6) is 5.75 Å². The Morgan fingerprint density at radius 1 is 1.11 bits per heavy atom. The molecule has 0 heterocycles. The van der Waals surface area contributed by atoms with E-state index in [1.165, 1.54) is 43.3 Å². The van der Waals surface area contributed by atoms with Crippen LogP contribution < -0.4 is 9.46 Å². The minimum absolute atomic E-state index is 0.0358. The predicted molar refractivity (Wildman–Crippen MR) is 108 cm³/mol. The van der Waals surface area contributed by atoms with Crippen molar-refractivity contribution in [2.45, 2.75) is 38.6 Å². The van der Waals surface area contributed by atoms with Crippen molar-refractivity contribution in [1.82, 2.24) is 14.5 Å². The van der Waals surface area contributed by atoms with Crippen LogP contribution in [0, 0.1) is 5.92 Å². The average molecular weight is 414 g/mol. The lowest BCUT2D eigenvalue weighted by Gasteiger charge is -2.28. The smallest absolute Gasteiger partial charge is 0.242 e. The van der Waals surface area contributed by atoms with E-state index in [0.29, 0.717) is 18.8 Å². The third-order valence-corrected chi connectivity index (χ3v) is 5.91. The lowest BCUT2D eigenvalue weighted by molar-refractivity contribution is -0.140. The third kappa shape index (κ3) is 6.20. The molecule has 0 aromatic heterocycles. The van der Waals surface area contributed by atoms with Gasteiger partial charge in [0.15, 0.2) is 0 Å². The van der Waals surface area contributed by atoms with Gasteiger partial charge in [0.2, 0.25) is 21.8 Å². The molecule has 0 spiro atoms. The number of carbonyl (C=O) groups is 2. The summed E-state index contributed by atoms with van der Waals surface area (Å²) in [6, 6.07) is 4.92. The van der Waals surface area contributed by atoms with Crippen LogP contribution in [-0.4, -0.2) is 69.9 Å². The minimum Gasteiger partial charge on any atom is -0.497 e. The van der Waals surface area contributed by atoms with Gasteiger partial charge in [0.1, 0.15) is 11.8 Å². The van der Waals surface area contributed by atoms with Crippen LogP contribution in [0.15, 0.2) is 29.2 Å². The number of likely N-dealkylation sites (N-methyl/N-ethyl adjacent to an activating group) is 2. The SMILES string of the molecule is CCN(CC)C(=O)CN(C)C(=O)[C@@H](NS(=O)(=O)c1ccc(OC)cc1)C(C)C. The van der Waals surface area contributed by atoms with Gasteiger partial charge in [-0.1, -0.05) is 13.8 Å². The van der Waals surface area contributed by atoms with Crippen molar-refractivity contribution in [2.24, 2.45) is 5.92 Å². The second-order valence-electron chi connectivity index (χ2n) is 6.78. The van der Waals surface area contributed by atoms with Gasteiger partial charge in [-0.25, -0.2) is 8.42 Å². The molecule has 0 aliphatic heterocycles. The molecule has 1 aromatic carbocycles. The summed E-state index contributed by atoms with van der Waals surface area (Å²) in [5, 5.41) is 0. The molecule has 0 aliphatic carbocycles. The molecule has 8 nitrogen and oxygen atoms in total. The molecule has 9 heteroatoms. The first kappa shape index (κ1) is 23.9. The topological polar surface area (TPSA) is 96.0 Å². The molecule has 0 bridgehead atoms. The Kier molecular flexibility index (Phi) is 8.90. The molecule has 1 rings (SSSR count). The zero-order valence-corrected chi connectivity index (χ0v) is 18.2. The second kappa shape index (κ2) is 10.4. The Morgan fingerprint density at radius 3 is 2.07 bits per heavy atom. The van der Waals surface area contributed by atoms with Gasteiger partial charge in [0.05, 0.1) is 18.6 Å². The van der Waals surface area contributed by atoms with E-state index in [9.17, 15) is 18.0 Å². The van der Waals surface area contributed by atoms with Crippen molar-refractivity contribution in [3.05, 3.63) is 24.3 Å². The molecule has 0 fully saturated rings. The van der Waals surface area contributed by atoms with E-state index in [1.807, 2.05) is 13.8 Å². The van der Waals surface area contributed by atoms with Crippen LogP contribution >= 0.6 is 0 Å². The minimum atomic E-state index is -3.91. The highest BCUT2D eigenvalue weighted by Crippen LogP contribution is 2.17. The highest BCUT2D eigenvalue weighted by Gasteiger charge is 2.31. The molecule has 0 radical (unpaired) electrons. The van der Waals surface area contributed by atoms with Crippen molar-refractivity contribution in [2.75, 3.05) is 33.8 Å². The maximum atomic E-state index is 12.8. The summed E-state index contributed by atoms with van der Waals surface area (Å²) in [5.74, 6) is -0.398. The summed E-state index contributed by atoms with van der Waals surface area (Å²) in [5.41, 5.74) is 0. The van der Waals surface area contributed by atoms with Gasteiger partial charge in [0.25, 0.3) is 0 Å². The number of amides is 2. The van der Waals surface area contributed by atoms with Gasteiger partial charge in [-0.3, -0.25) is 9.59 Å². The summed E-state index contributed by atoms with van der Waals surface area (Å²) in [6.45, 7) is 8.22. The zero-order chi connectivity index (χ0) is 21.5. The fraction of sp³-hybridized carbons (Fsp3) is 0.579. The van der Waals surface area contributed by atoms with Crippen LogP contribution in [-0.2, 0) is 19.6 Å². The maximum absolute atomic E-state index is 12.8. The molecule has 28 heavy (non-hydrogen) atoms. The first-order valence-corrected chi connectivity index (χ1v) is 10.7. The molecule has 1 atom stereocenters. The lowest BCUT2D eigenvalue weighted by atomic mass is 10.0. The number of hydrogen-bond donors (Lipinski definition) is 1. The maximum Gasteiger partial charge on any atom is 0.242 e. The van der Waals surface area contributed by atoms with Crippen molar-refractivity contribution in [1.29, 1.82) is 0 Å². The Labute approximate surface area is 167 Å². The normalized spacial score (nSPS) is 12.5. The summed E-state index contributed by atoms with van der Waals surface area (Å²) >= 11 is 0. The third-order valence-electron chi connectivity index (χ3n) is 4.45. The number of carbonyl (C=O) groups excluding carboxylic acids is 2. The van der Waals surface area contributed by atoms with Crippen LogP contribution in [0.3, 0.4) is 0 Å². The fourth-order valence-corrected chi connectivity index (χ4v) is 3.99. The van der Waals surface area contributed by atoms with Gasteiger partial charge in [-0.2, -0.15) is 4.72 Å². The van der Waals surface area contributed by atoms with Gasteiger partial charge < -0.3 is 14.5 Å². The van der Waals surface area contributed by atoms with Gasteiger partial charge in [0, 0.05) is 20.1 Å². The number of benzene rings is 1. The molecular weight excluding hydrogens is 382 g/mol. The Morgan fingerprint density at radius 2 is 1.64 bits per heavy atom. The number of hydrogen-bond acceptors (Lipinski definition) is 5. The van der Waals surface area contributed by atoms with Crippen LogP contribution in [0.25, 0.3) is 0 Å². The van der Waals surface area contributed by atoms with E-state index < -0.39 is 22.0 Å². The molecule has 0 saturated carbocycles. The Balaban J connectivity index is 2.96. The highest BCUT2D eigenvalue weighted by atomic mass is 32.2. The number of ether oxygens (including phenoxy) is 1. The molecule has 2 amide bonds. The average Bonchev–Trinajstić information content (AvgIpc) is 2.66. The first-order chi connectivity index (χ1) is 13.1. The fourth-order valence-electron chi connectivity index (χ4n) is 2.66. The summed E-state index contributed by atoms with van der Waals surface area (Å²) < 4.78 is 32.9. The van der Waals surface area contributed by atoms with E-state index in [2.05, 4.69) is 4.72 Å². The van der Waals surface area contributed by atoms with E-state index in [0.717, 1.165) is 0 Å². The molecule has 0 unspecified atom stereocenters. The monoisotopic (exact) mass is 413 g/mol. The number of sulfonamides is 1. The summed E-state index contributed by atoms with van der Waals surface area (Å²) in [7, 11) is -0.919. The Bertz CT molecular complexity index is 758. The number of methoxy groups -OCH3 is 1. The highest BCUT2D eigenvalue weighted by molar-refractivity contribution is 7.89. The van der Waals surface area contributed by atoms with Crippen LogP contribution in [0.1, 0.15) is 27.7 Å². The summed E-state index contributed by atoms with van der Waals surface area (Å²) in [6.07, 6.45) is 0. The molecule has 158 valence electrons. The molecule has 0 aliphatic rings. The van der Waals surface area contributed by atoms with Crippen LogP contribution in [0.4, 0.5) is 0 Å². The van der Waals surface area contributed by atoms with Gasteiger partial charge >= 0.3 is 0 Å². The summed E-state index contributed by atoms with van der Waals surface area (Å²) in [4.78, 5) is 28.0. The standard InChI is InChI=1S/C19H31N3O5S/c1-7-22(8-2)17(23)13-21(5)19(24)18(14(3)4)20-28(25,26)16-11-9-15(27-6)10-12-16/h9-12,14,18,20H,7-8,13H2,1-6H3/t18-/m0/s1. The van der Waals surface area contributed by atoms with E-state index >= 15 is 0 Å². The molecule has 1 aromatic rings. The number of rotatable bonds is 10. The van der Waals surface area contributed by atoms with Crippen molar-refractivity contribution in [3.8, 4) is 5.75 Å². The quantitative estimate of drug-likeness (QED) is 0.624. The van der Waals surface area contributed by atoms with Crippen molar-refractivity contribution in [3.63, 3.8) is 0 Å². The largest absolute Gasteiger partial charge is 0.497 e. The van der Waals surface area contributed by atoms with Crippen molar-refractivity contribution >= 4 is 21.8 Å². The predicted octanol–water partition coefficient (Wildman–Crippen LogP) is 1.32. The van der Waals surface area contributed by atoms with Crippen molar-refractivity contribution < 1.29 is 22.7 Å². The Hall–Kier alpha value is -2.13. The lowest BCUT2D eigenvalue weighted by Crippen LogP contribution is -2.52. The molecule has 0 saturated heterocycles. The van der Waals surface area contributed by atoms with E-state index in [4.69, 9.17) is 4.74 Å². The number of nitrogens with zero attached hydrogens (tertiary/aromatic N) is 2. The van der Waals surface area contributed by atoms with E-state index in [-0.39, 0.29) is 23.3 Å².